The average molecular weight is 285 g/mol. The molecule has 4 heteroatoms. The first-order valence-electron chi connectivity index (χ1n) is 7.28. The standard InChI is InChI=1S/C16H25F2NO/c1-4-12(5-2)15(11-19-8-9-20-3)14-7-6-13(17)10-16(14)18/h6-7,10,12,15,19H,4-5,8-9,11H2,1-3H3. The van der Waals surface area contributed by atoms with Crippen LogP contribution in [0, 0.1) is 17.6 Å². The van der Waals surface area contributed by atoms with Crippen LogP contribution in [0.2, 0.25) is 0 Å². The Morgan fingerprint density at radius 2 is 1.90 bits per heavy atom. The molecule has 1 aromatic rings. The number of rotatable bonds is 9. The molecule has 0 radical (unpaired) electrons. The Morgan fingerprint density at radius 3 is 2.45 bits per heavy atom. The molecule has 1 N–H and O–H groups in total. The van der Waals surface area contributed by atoms with Gasteiger partial charge >= 0.3 is 0 Å². The molecule has 0 aliphatic carbocycles. The summed E-state index contributed by atoms with van der Waals surface area (Å²) in [6.45, 7) is 6.26. The zero-order valence-electron chi connectivity index (χ0n) is 12.6. The van der Waals surface area contributed by atoms with Gasteiger partial charge in [-0.15, -0.1) is 0 Å². The van der Waals surface area contributed by atoms with Crippen LogP contribution in [-0.2, 0) is 4.74 Å². The van der Waals surface area contributed by atoms with E-state index in [9.17, 15) is 8.78 Å². The molecule has 1 atom stereocenters. The number of hydrogen-bond acceptors (Lipinski definition) is 2. The lowest BCUT2D eigenvalue weighted by Crippen LogP contribution is -2.29. The van der Waals surface area contributed by atoms with E-state index in [1.54, 1.807) is 13.2 Å². The van der Waals surface area contributed by atoms with E-state index in [0.717, 1.165) is 25.5 Å². The Balaban J connectivity index is 2.85. The molecule has 0 aliphatic rings. The molecule has 0 bridgehead atoms. The van der Waals surface area contributed by atoms with Crippen molar-refractivity contribution in [2.45, 2.75) is 32.6 Å². The molecule has 0 spiro atoms. The first-order valence-corrected chi connectivity index (χ1v) is 7.28. The van der Waals surface area contributed by atoms with Gasteiger partial charge in [0.15, 0.2) is 0 Å². The minimum absolute atomic E-state index is 0.0578. The zero-order chi connectivity index (χ0) is 15.0. The van der Waals surface area contributed by atoms with Gasteiger partial charge in [0.25, 0.3) is 0 Å². The smallest absolute Gasteiger partial charge is 0.129 e. The van der Waals surface area contributed by atoms with Gasteiger partial charge in [0, 0.05) is 32.2 Å². The summed E-state index contributed by atoms with van der Waals surface area (Å²) in [5, 5.41) is 3.29. The van der Waals surface area contributed by atoms with Gasteiger partial charge in [-0.05, 0) is 17.5 Å². The molecular weight excluding hydrogens is 260 g/mol. The highest BCUT2D eigenvalue weighted by atomic mass is 19.1. The normalized spacial score (nSPS) is 12.9. The molecule has 0 aliphatic heterocycles. The van der Waals surface area contributed by atoms with Crippen molar-refractivity contribution in [3.05, 3.63) is 35.4 Å². The van der Waals surface area contributed by atoms with Crippen molar-refractivity contribution in [2.75, 3.05) is 26.8 Å². The number of methoxy groups -OCH3 is 1. The zero-order valence-corrected chi connectivity index (χ0v) is 12.6. The maximum atomic E-state index is 14.0. The maximum absolute atomic E-state index is 14.0. The van der Waals surface area contributed by atoms with E-state index in [1.807, 2.05) is 0 Å². The van der Waals surface area contributed by atoms with Gasteiger partial charge in [-0.25, -0.2) is 8.78 Å². The fourth-order valence-electron chi connectivity index (χ4n) is 2.62. The Morgan fingerprint density at radius 1 is 1.20 bits per heavy atom. The lowest BCUT2D eigenvalue weighted by Gasteiger charge is -2.26. The summed E-state index contributed by atoms with van der Waals surface area (Å²) in [4.78, 5) is 0. The first kappa shape index (κ1) is 17.1. The molecule has 1 rings (SSSR count). The number of benzene rings is 1. The van der Waals surface area contributed by atoms with Gasteiger partial charge in [-0.3, -0.25) is 0 Å². The second-order valence-corrected chi connectivity index (χ2v) is 5.05. The van der Waals surface area contributed by atoms with Crippen LogP contribution in [0.3, 0.4) is 0 Å². The third-order valence-electron chi connectivity index (χ3n) is 3.83. The summed E-state index contributed by atoms with van der Waals surface area (Å²) in [5.41, 5.74) is 0.602. The molecule has 1 aromatic carbocycles. The molecular formula is C16H25F2NO. The van der Waals surface area contributed by atoms with Crippen molar-refractivity contribution in [1.29, 1.82) is 0 Å². The molecule has 20 heavy (non-hydrogen) atoms. The number of ether oxygens (including phenoxy) is 1. The Bertz CT molecular complexity index is 394. The van der Waals surface area contributed by atoms with E-state index < -0.39 is 11.6 Å². The third-order valence-corrected chi connectivity index (χ3v) is 3.83. The van der Waals surface area contributed by atoms with E-state index in [-0.39, 0.29) is 5.92 Å². The predicted molar refractivity (Wildman–Crippen MR) is 77.9 cm³/mol. The largest absolute Gasteiger partial charge is 0.383 e. The SMILES string of the molecule is CCC(CC)C(CNCCOC)c1ccc(F)cc1F. The van der Waals surface area contributed by atoms with Gasteiger partial charge in [0.2, 0.25) is 0 Å². The van der Waals surface area contributed by atoms with Crippen LogP contribution in [-0.4, -0.2) is 26.8 Å². The highest BCUT2D eigenvalue weighted by molar-refractivity contribution is 5.24. The molecule has 114 valence electrons. The summed E-state index contributed by atoms with van der Waals surface area (Å²) >= 11 is 0. The monoisotopic (exact) mass is 285 g/mol. The van der Waals surface area contributed by atoms with Crippen molar-refractivity contribution in [3.8, 4) is 0 Å². The van der Waals surface area contributed by atoms with Gasteiger partial charge in [-0.2, -0.15) is 0 Å². The van der Waals surface area contributed by atoms with Crippen LogP contribution in [0.5, 0.6) is 0 Å². The third kappa shape index (κ3) is 4.84. The lowest BCUT2D eigenvalue weighted by atomic mass is 9.82. The molecule has 0 aromatic heterocycles. The van der Waals surface area contributed by atoms with Crippen LogP contribution in [0.25, 0.3) is 0 Å². The minimum Gasteiger partial charge on any atom is -0.383 e. The molecule has 0 amide bonds. The summed E-state index contributed by atoms with van der Waals surface area (Å²) in [6, 6.07) is 3.88. The van der Waals surface area contributed by atoms with Crippen molar-refractivity contribution in [2.24, 2.45) is 5.92 Å². The molecule has 1 unspecified atom stereocenters. The van der Waals surface area contributed by atoms with E-state index in [4.69, 9.17) is 4.74 Å². The van der Waals surface area contributed by atoms with Gasteiger partial charge in [0.1, 0.15) is 11.6 Å². The quantitative estimate of drug-likeness (QED) is 0.698. The highest BCUT2D eigenvalue weighted by Crippen LogP contribution is 2.31. The second-order valence-electron chi connectivity index (χ2n) is 5.05. The van der Waals surface area contributed by atoms with Crippen molar-refractivity contribution >= 4 is 0 Å². The molecule has 0 heterocycles. The summed E-state index contributed by atoms with van der Waals surface area (Å²) in [6.07, 6.45) is 1.95. The van der Waals surface area contributed by atoms with Crippen molar-refractivity contribution in [1.82, 2.24) is 5.32 Å². The summed E-state index contributed by atoms with van der Waals surface area (Å²) in [7, 11) is 1.65. The van der Waals surface area contributed by atoms with E-state index in [2.05, 4.69) is 19.2 Å². The van der Waals surface area contributed by atoms with Crippen LogP contribution in [0.1, 0.15) is 38.2 Å². The lowest BCUT2D eigenvalue weighted by molar-refractivity contribution is 0.197. The molecule has 0 saturated carbocycles. The predicted octanol–water partition coefficient (Wildman–Crippen LogP) is 3.72. The fourth-order valence-corrected chi connectivity index (χ4v) is 2.62. The van der Waals surface area contributed by atoms with Crippen LogP contribution < -0.4 is 5.32 Å². The van der Waals surface area contributed by atoms with E-state index in [0.29, 0.717) is 24.6 Å². The Kier molecular flexibility index (Phi) is 7.70. The topological polar surface area (TPSA) is 21.3 Å². The molecule has 0 fully saturated rings. The second kappa shape index (κ2) is 9.03. The Hall–Kier alpha value is -1.00. The first-order chi connectivity index (χ1) is 9.63. The highest BCUT2D eigenvalue weighted by Gasteiger charge is 2.23. The fraction of sp³-hybridized carbons (Fsp3) is 0.625. The molecule has 2 nitrogen and oxygen atoms in total. The van der Waals surface area contributed by atoms with Gasteiger partial charge in [-0.1, -0.05) is 32.8 Å². The molecule has 0 saturated heterocycles. The van der Waals surface area contributed by atoms with Gasteiger partial charge in [0.05, 0.1) is 6.61 Å². The average Bonchev–Trinajstić information content (AvgIpc) is 2.43. The van der Waals surface area contributed by atoms with Crippen LogP contribution >= 0.6 is 0 Å². The van der Waals surface area contributed by atoms with Gasteiger partial charge < -0.3 is 10.1 Å². The number of halogens is 2. The van der Waals surface area contributed by atoms with Crippen LogP contribution in [0.4, 0.5) is 8.78 Å². The van der Waals surface area contributed by atoms with E-state index in [1.165, 1.54) is 6.07 Å². The summed E-state index contributed by atoms with van der Waals surface area (Å²) in [5.74, 6) is -0.537. The summed E-state index contributed by atoms with van der Waals surface area (Å²) < 4.78 is 32.1. The van der Waals surface area contributed by atoms with E-state index >= 15 is 0 Å². The minimum atomic E-state index is -0.526. The number of hydrogen-bond donors (Lipinski definition) is 1. The van der Waals surface area contributed by atoms with Crippen LogP contribution in [0.15, 0.2) is 18.2 Å². The van der Waals surface area contributed by atoms with Crippen molar-refractivity contribution < 1.29 is 13.5 Å². The maximum Gasteiger partial charge on any atom is 0.129 e. The number of nitrogens with one attached hydrogen (secondary N) is 1. The Labute approximate surface area is 120 Å². The van der Waals surface area contributed by atoms with Crippen molar-refractivity contribution in [3.63, 3.8) is 0 Å².